The number of piperidine rings is 1. The molecular formula is C18H24N6O2. The fourth-order valence-electron chi connectivity index (χ4n) is 3.61. The van der Waals surface area contributed by atoms with Crippen molar-refractivity contribution in [3.63, 3.8) is 0 Å². The molecule has 0 saturated carbocycles. The van der Waals surface area contributed by atoms with E-state index < -0.39 is 0 Å². The average molecular weight is 356 g/mol. The van der Waals surface area contributed by atoms with Gasteiger partial charge in [-0.25, -0.2) is 14.6 Å². The Bertz CT molecular complexity index is 728. The Morgan fingerprint density at radius 1 is 1.27 bits per heavy atom. The van der Waals surface area contributed by atoms with Gasteiger partial charge < -0.3 is 15.0 Å². The Labute approximate surface area is 152 Å². The van der Waals surface area contributed by atoms with Gasteiger partial charge in [0.15, 0.2) is 0 Å². The monoisotopic (exact) mass is 356 g/mol. The van der Waals surface area contributed by atoms with Gasteiger partial charge in [-0.2, -0.15) is 5.10 Å². The first-order valence-corrected chi connectivity index (χ1v) is 9.22. The Hall–Kier alpha value is -2.48. The number of carbonyl (C=O) groups excluding carboxylic acids is 1. The Balaban J connectivity index is 1.38. The molecule has 4 heterocycles. The molecule has 1 N–H and O–H groups in total. The summed E-state index contributed by atoms with van der Waals surface area (Å²) >= 11 is 0. The maximum atomic E-state index is 12.8. The van der Waals surface area contributed by atoms with E-state index in [9.17, 15) is 4.79 Å². The number of amides is 1. The Kier molecular flexibility index (Phi) is 5.10. The van der Waals surface area contributed by atoms with Crippen molar-refractivity contribution in [1.29, 1.82) is 0 Å². The summed E-state index contributed by atoms with van der Waals surface area (Å²) in [6, 6.07) is 3.66. The first kappa shape index (κ1) is 17.0. The van der Waals surface area contributed by atoms with Gasteiger partial charge in [-0.1, -0.05) is 0 Å². The van der Waals surface area contributed by atoms with Crippen LogP contribution in [0, 0.1) is 11.8 Å². The highest BCUT2D eigenvalue weighted by Crippen LogP contribution is 2.22. The normalized spacial score (nSPS) is 23.2. The van der Waals surface area contributed by atoms with E-state index in [1.165, 1.54) is 0 Å². The maximum Gasteiger partial charge on any atom is 0.230 e. The molecule has 2 fully saturated rings. The van der Waals surface area contributed by atoms with Crippen LogP contribution in [0.3, 0.4) is 0 Å². The zero-order chi connectivity index (χ0) is 17.8. The van der Waals surface area contributed by atoms with Gasteiger partial charge in [-0.15, -0.1) is 0 Å². The third kappa shape index (κ3) is 3.85. The zero-order valence-corrected chi connectivity index (χ0v) is 14.8. The quantitative estimate of drug-likeness (QED) is 0.875. The molecule has 0 spiro atoms. The van der Waals surface area contributed by atoms with E-state index in [2.05, 4.69) is 25.3 Å². The van der Waals surface area contributed by atoms with Crippen molar-refractivity contribution in [2.45, 2.75) is 25.8 Å². The van der Waals surface area contributed by atoms with Crippen LogP contribution in [-0.4, -0.2) is 52.0 Å². The molecule has 0 radical (unpaired) electrons. The minimum absolute atomic E-state index is 0.0371. The van der Waals surface area contributed by atoms with E-state index in [-0.39, 0.29) is 11.8 Å². The number of ether oxygens (including phenoxy) is 1. The second kappa shape index (κ2) is 7.82. The highest BCUT2D eigenvalue weighted by Gasteiger charge is 2.28. The number of rotatable bonds is 5. The first-order valence-electron chi connectivity index (χ1n) is 9.22. The van der Waals surface area contributed by atoms with Crippen molar-refractivity contribution < 1.29 is 9.53 Å². The molecule has 1 amide bonds. The van der Waals surface area contributed by atoms with E-state index in [0.717, 1.165) is 51.4 Å². The molecule has 2 atom stereocenters. The summed E-state index contributed by atoms with van der Waals surface area (Å²) in [5.41, 5.74) is 0. The molecular weight excluding hydrogens is 332 g/mol. The molecule has 2 aliphatic heterocycles. The molecule has 8 nitrogen and oxygen atoms in total. The summed E-state index contributed by atoms with van der Waals surface area (Å²) in [4.78, 5) is 23.5. The predicted molar refractivity (Wildman–Crippen MR) is 96.8 cm³/mol. The number of anilines is 2. The van der Waals surface area contributed by atoms with Crippen molar-refractivity contribution >= 4 is 17.7 Å². The van der Waals surface area contributed by atoms with Crippen LogP contribution < -0.4 is 10.2 Å². The van der Waals surface area contributed by atoms with Crippen LogP contribution >= 0.6 is 0 Å². The standard InChI is InChI=1S/C18H24N6O2/c25-17(15-3-1-9-23(12-15)18-19-6-2-7-20-18)22-16-4-8-21-24(16)11-14-5-10-26-13-14/h2,4,6-8,14-15H,1,3,5,9-13H2,(H,22,25)/t14-,15+/m0/s1. The van der Waals surface area contributed by atoms with Crippen molar-refractivity contribution in [2.75, 3.05) is 36.5 Å². The molecule has 8 heteroatoms. The summed E-state index contributed by atoms with van der Waals surface area (Å²) in [6.45, 7) is 3.88. The van der Waals surface area contributed by atoms with E-state index in [4.69, 9.17) is 4.74 Å². The van der Waals surface area contributed by atoms with Crippen molar-refractivity contribution in [2.24, 2.45) is 11.8 Å². The van der Waals surface area contributed by atoms with Crippen LogP contribution in [0.4, 0.5) is 11.8 Å². The fourth-order valence-corrected chi connectivity index (χ4v) is 3.61. The van der Waals surface area contributed by atoms with E-state index in [1.807, 2.05) is 10.7 Å². The van der Waals surface area contributed by atoms with Crippen LogP contribution in [0.5, 0.6) is 0 Å². The fraction of sp³-hybridized carbons (Fsp3) is 0.556. The van der Waals surface area contributed by atoms with Gasteiger partial charge in [0.1, 0.15) is 5.82 Å². The molecule has 2 saturated heterocycles. The number of nitrogens with one attached hydrogen (secondary N) is 1. The lowest BCUT2D eigenvalue weighted by atomic mass is 9.97. The summed E-state index contributed by atoms with van der Waals surface area (Å²) in [7, 11) is 0. The summed E-state index contributed by atoms with van der Waals surface area (Å²) < 4.78 is 7.30. The molecule has 0 aromatic carbocycles. The van der Waals surface area contributed by atoms with Gasteiger partial charge in [0.25, 0.3) is 0 Å². The molecule has 2 aromatic rings. The minimum Gasteiger partial charge on any atom is -0.381 e. The third-order valence-electron chi connectivity index (χ3n) is 5.05. The molecule has 2 aromatic heterocycles. The van der Waals surface area contributed by atoms with E-state index in [0.29, 0.717) is 18.4 Å². The molecule has 26 heavy (non-hydrogen) atoms. The number of hydrogen-bond acceptors (Lipinski definition) is 6. The van der Waals surface area contributed by atoms with Crippen LogP contribution in [0.1, 0.15) is 19.3 Å². The largest absolute Gasteiger partial charge is 0.381 e. The topological polar surface area (TPSA) is 85.2 Å². The minimum atomic E-state index is -0.0780. The zero-order valence-electron chi connectivity index (χ0n) is 14.8. The van der Waals surface area contributed by atoms with Gasteiger partial charge in [-0.3, -0.25) is 4.79 Å². The molecule has 2 aliphatic rings. The number of nitrogens with zero attached hydrogens (tertiary/aromatic N) is 5. The van der Waals surface area contributed by atoms with Gasteiger partial charge in [-0.05, 0) is 25.3 Å². The number of carbonyl (C=O) groups is 1. The van der Waals surface area contributed by atoms with Gasteiger partial charge in [0.05, 0.1) is 18.7 Å². The maximum absolute atomic E-state index is 12.8. The number of hydrogen-bond donors (Lipinski definition) is 1. The lowest BCUT2D eigenvalue weighted by molar-refractivity contribution is -0.120. The highest BCUT2D eigenvalue weighted by molar-refractivity contribution is 5.92. The van der Waals surface area contributed by atoms with E-state index in [1.54, 1.807) is 24.7 Å². The SMILES string of the molecule is O=C(Nc1ccnn1C[C@@H]1CCOC1)[C@@H]1CCCN(c2ncccn2)C1. The lowest BCUT2D eigenvalue weighted by Crippen LogP contribution is -2.41. The lowest BCUT2D eigenvalue weighted by Gasteiger charge is -2.31. The molecule has 0 aliphatic carbocycles. The van der Waals surface area contributed by atoms with Gasteiger partial charge in [0, 0.05) is 50.6 Å². The third-order valence-corrected chi connectivity index (χ3v) is 5.05. The Morgan fingerprint density at radius 3 is 2.96 bits per heavy atom. The van der Waals surface area contributed by atoms with Gasteiger partial charge >= 0.3 is 0 Å². The molecule has 0 unspecified atom stereocenters. The average Bonchev–Trinajstić information content (AvgIpc) is 3.35. The van der Waals surface area contributed by atoms with Crippen LogP contribution in [0.2, 0.25) is 0 Å². The molecule has 0 bridgehead atoms. The van der Waals surface area contributed by atoms with Crippen LogP contribution in [0.15, 0.2) is 30.7 Å². The van der Waals surface area contributed by atoms with Crippen molar-refractivity contribution in [3.05, 3.63) is 30.7 Å². The number of aromatic nitrogens is 4. The Morgan fingerprint density at radius 2 is 2.15 bits per heavy atom. The first-order chi connectivity index (χ1) is 12.8. The highest BCUT2D eigenvalue weighted by atomic mass is 16.5. The second-order valence-electron chi connectivity index (χ2n) is 6.95. The smallest absolute Gasteiger partial charge is 0.230 e. The van der Waals surface area contributed by atoms with Crippen LogP contribution in [-0.2, 0) is 16.1 Å². The van der Waals surface area contributed by atoms with Gasteiger partial charge in [0.2, 0.25) is 11.9 Å². The van der Waals surface area contributed by atoms with Crippen molar-refractivity contribution in [3.8, 4) is 0 Å². The second-order valence-corrected chi connectivity index (χ2v) is 6.95. The summed E-state index contributed by atoms with van der Waals surface area (Å²) in [5.74, 6) is 1.87. The van der Waals surface area contributed by atoms with E-state index >= 15 is 0 Å². The molecule has 138 valence electrons. The van der Waals surface area contributed by atoms with Crippen LogP contribution in [0.25, 0.3) is 0 Å². The van der Waals surface area contributed by atoms with Crippen molar-refractivity contribution in [1.82, 2.24) is 19.7 Å². The molecule has 4 rings (SSSR count). The summed E-state index contributed by atoms with van der Waals surface area (Å²) in [6.07, 6.45) is 8.07. The summed E-state index contributed by atoms with van der Waals surface area (Å²) in [5, 5.41) is 7.42. The predicted octanol–water partition coefficient (Wildman–Crippen LogP) is 1.56.